The molecule has 1 N–H and O–H groups in total. The van der Waals surface area contributed by atoms with Crippen LogP contribution in [0.2, 0.25) is 0 Å². The van der Waals surface area contributed by atoms with Gasteiger partial charge in [0, 0.05) is 25.7 Å². The van der Waals surface area contributed by atoms with Crippen LogP contribution in [-0.2, 0) is 17.3 Å². The molecule has 1 aliphatic heterocycles. The summed E-state index contributed by atoms with van der Waals surface area (Å²) >= 11 is 0. The van der Waals surface area contributed by atoms with Crippen molar-refractivity contribution in [2.24, 2.45) is 7.05 Å². The molecule has 1 amide bonds. The molecule has 4 rings (SSSR count). The molecule has 0 radical (unpaired) electrons. The maximum Gasteiger partial charge on any atom is 0.245 e. The zero-order valence-corrected chi connectivity index (χ0v) is 15.2. The standard InChI is InChI=1S/C20H26N4O/c1-14-11-18(23(3)22-14)24-10-9-17(19(24)25)21-16-12-20(2,13-16)15-7-5-4-6-8-15/h4-8,11,16-17,21H,9-10,12-13H2,1-3H3/t16?,17-,20?/m1/s1. The summed E-state index contributed by atoms with van der Waals surface area (Å²) in [4.78, 5) is 14.7. The lowest BCUT2D eigenvalue weighted by Crippen LogP contribution is -2.54. The molecule has 2 fully saturated rings. The number of rotatable bonds is 4. The minimum atomic E-state index is -0.0690. The third kappa shape index (κ3) is 2.86. The molecule has 132 valence electrons. The Kier molecular flexibility index (Phi) is 3.91. The van der Waals surface area contributed by atoms with Gasteiger partial charge in [0.25, 0.3) is 0 Å². The number of nitrogens with zero attached hydrogens (tertiary/aromatic N) is 3. The summed E-state index contributed by atoms with van der Waals surface area (Å²) in [5, 5.41) is 7.95. The van der Waals surface area contributed by atoms with E-state index in [4.69, 9.17) is 0 Å². The van der Waals surface area contributed by atoms with E-state index in [1.807, 2.05) is 24.9 Å². The molecular formula is C20H26N4O. The van der Waals surface area contributed by atoms with E-state index in [1.165, 1.54) is 5.56 Å². The van der Waals surface area contributed by atoms with Crippen molar-refractivity contribution in [1.29, 1.82) is 0 Å². The van der Waals surface area contributed by atoms with Crippen molar-refractivity contribution < 1.29 is 4.79 Å². The van der Waals surface area contributed by atoms with Crippen LogP contribution in [0.5, 0.6) is 0 Å². The molecule has 5 nitrogen and oxygen atoms in total. The van der Waals surface area contributed by atoms with E-state index in [2.05, 4.69) is 47.7 Å². The number of benzene rings is 1. The van der Waals surface area contributed by atoms with Crippen molar-refractivity contribution in [2.75, 3.05) is 11.4 Å². The first-order valence-electron chi connectivity index (χ1n) is 9.10. The lowest BCUT2D eigenvalue weighted by molar-refractivity contribution is -0.119. The van der Waals surface area contributed by atoms with Crippen LogP contribution in [-0.4, -0.2) is 34.3 Å². The van der Waals surface area contributed by atoms with Gasteiger partial charge in [0.15, 0.2) is 0 Å². The van der Waals surface area contributed by atoms with Crippen LogP contribution in [0, 0.1) is 6.92 Å². The van der Waals surface area contributed by atoms with Gasteiger partial charge in [-0.25, -0.2) is 0 Å². The van der Waals surface area contributed by atoms with Gasteiger partial charge in [-0.3, -0.25) is 14.4 Å². The molecule has 1 atom stereocenters. The second-order valence-electron chi connectivity index (χ2n) is 7.80. The van der Waals surface area contributed by atoms with Crippen LogP contribution in [0.3, 0.4) is 0 Å². The highest BCUT2D eigenvalue weighted by atomic mass is 16.2. The Labute approximate surface area is 149 Å². The molecule has 25 heavy (non-hydrogen) atoms. The molecule has 1 aromatic carbocycles. The van der Waals surface area contributed by atoms with Gasteiger partial charge in [0.2, 0.25) is 5.91 Å². The predicted octanol–water partition coefficient (Wildman–Crippen LogP) is 2.54. The van der Waals surface area contributed by atoms with E-state index in [1.54, 1.807) is 4.68 Å². The molecular weight excluding hydrogens is 312 g/mol. The Balaban J connectivity index is 1.37. The molecule has 1 saturated carbocycles. The number of carbonyl (C=O) groups is 1. The van der Waals surface area contributed by atoms with Crippen LogP contribution < -0.4 is 10.2 Å². The number of amides is 1. The fraction of sp³-hybridized carbons (Fsp3) is 0.500. The first kappa shape index (κ1) is 16.3. The normalized spacial score (nSPS) is 29.1. The van der Waals surface area contributed by atoms with Crippen molar-refractivity contribution in [2.45, 2.75) is 50.6 Å². The third-order valence-electron chi connectivity index (χ3n) is 5.76. The average Bonchev–Trinajstić information content (AvgIpc) is 3.08. The largest absolute Gasteiger partial charge is 0.303 e. The number of hydrogen-bond acceptors (Lipinski definition) is 3. The van der Waals surface area contributed by atoms with Gasteiger partial charge in [0.05, 0.1) is 11.7 Å². The fourth-order valence-corrected chi connectivity index (χ4v) is 4.42. The van der Waals surface area contributed by atoms with Gasteiger partial charge in [-0.2, -0.15) is 5.10 Å². The summed E-state index contributed by atoms with van der Waals surface area (Å²) in [6.45, 7) is 5.04. The molecule has 0 unspecified atom stereocenters. The maximum atomic E-state index is 12.8. The number of hydrogen-bond donors (Lipinski definition) is 1. The number of aromatic nitrogens is 2. The molecule has 1 aliphatic carbocycles. The van der Waals surface area contributed by atoms with Crippen LogP contribution in [0.4, 0.5) is 5.82 Å². The van der Waals surface area contributed by atoms with Crippen LogP contribution in [0.1, 0.15) is 37.4 Å². The molecule has 2 aromatic rings. The van der Waals surface area contributed by atoms with E-state index in [-0.39, 0.29) is 17.4 Å². The molecule has 2 heterocycles. The van der Waals surface area contributed by atoms with Gasteiger partial charge in [-0.15, -0.1) is 0 Å². The Morgan fingerprint density at radius 1 is 1.24 bits per heavy atom. The summed E-state index contributed by atoms with van der Waals surface area (Å²) in [5.41, 5.74) is 2.58. The maximum absolute atomic E-state index is 12.8. The van der Waals surface area contributed by atoms with Crippen LogP contribution in [0.25, 0.3) is 0 Å². The number of aryl methyl sites for hydroxylation is 2. The van der Waals surface area contributed by atoms with Crippen molar-refractivity contribution in [3.05, 3.63) is 47.7 Å². The topological polar surface area (TPSA) is 50.2 Å². The summed E-state index contributed by atoms with van der Waals surface area (Å²) < 4.78 is 1.80. The molecule has 1 aromatic heterocycles. The Morgan fingerprint density at radius 2 is 1.96 bits per heavy atom. The minimum Gasteiger partial charge on any atom is -0.303 e. The van der Waals surface area contributed by atoms with Gasteiger partial charge >= 0.3 is 0 Å². The number of nitrogens with one attached hydrogen (secondary N) is 1. The molecule has 0 spiro atoms. The third-order valence-corrected chi connectivity index (χ3v) is 5.76. The SMILES string of the molecule is Cc1cc(N2CC[C@@H](NC3CC(C)(c4ccccc4)C3)C2=O)n(C)n1. The van der Waals surface area contributed by atoms with Gasteiger partial charge in [0.1, 0.15) is 5.82 Å². The lowest BCUT2D eigenvalue weighted by atomic mass is 9.63. The Bertz CT molecular complexity index is 776. The Hall–Kier alpha value is -2.14. The minimum absolute atomic E-state index is 0.0690. The second kappa shape index (κ2) is 5.99. The van der Waals surface area contributed by atoms with Crippen LogP contribution in [0.15, 0.2) is 36.4 Å². The van der Waals surface area contributed by atoms with E-state index >= 15 is 0 Å². The summed E-state index contributed by atoms with van der Waals surface area (Å²) in [7, 11) is 1.90. The van der Waals surface area contributed by atoms with E-state index < -0.39 is 0 Å². The Morgan fingerprint density at radius 3 is 2.60 bits per heavy atom. The van der Waals surface area contributed by atoms with E-state index in [0.717, 1.165) is 37.3 Å². The van der Waals surface area contributed by atoms with Gasteiger partial charge in [-0.1, -0.05) is 37.3 Å². The summed E-state index contributed by atoms with van der Waals surface area (Å²) in [6, 6.07) is 13.0. The fourth-order valence-electron chi connectivity index (χ4n) is 4.42. The highest BCUT2D eigenvalue weighted by Gasteiger charge is 2.44. The van der Waals surface area contributed by atoms with Crippen molar-refractivity contribution in [3.63, 3.8) is 0 Å². The first-order valence-corrected chi connectivity index (χ1v) is 9.10. The van der Waals surface area contributed by atoms with E-state index in [9.17, 15) is 4.79 Å². The second-order valence-corrected chi connectivity index (χ2v) is 7.80. The molecule has 5 heteroatoms. The molecule has 1 saturated heterocycles. The first-order chi connectivity index (χ1) is 12.0. The number of anilines is 1. The lowest BCUT2D eigenvalue weighted by Gasteiger charge is -2.47. The van der Waals surface area contributed by atoms with Gasteiger partial charge < -0.3 is 5.32 Å². The van der Waals surface area contributed by atoms with Crippen molar-refractivity contribution in [3.8, 4) is 0 Å². The monoisotopic (exact) mass is 338 g/mol. The summed E-state index contributed by atoms with van der Waals surface area (Å²) in [6.07, 6.45) is 3.04. The van der Waals surface area contributed by atoms with Crippen LogP contribution >= 0.6 is 0 Å². The quantitative estimate of drug-likeness (QED) is 0.932. The number of carbonyl (C=O) groups excluding carboxylic acids is 1. The van der Waals surface area contributed by atoms with E-state index in [0.29, 0.717) is 6.04 Å². The average molecular weight is 338 g/mol. The van der Waals surface area contributed by atoms with Gasteiger partial charge in [-0.05, 0) is 37.2 Å². The van der Waals surface area contributed by atoms with Crippen molar-refractivity contribution >= 4 is 11.7 Å². The smallest absolute Gasteiger partial charge is 0.245 e. The van der Waals surface area contributed by atoms with Crippen molar-refractivity contribution in [1.82, 2.24) is 15.1 Å². The zero-order valence-electron chi connectivity index (χ0n) is 15.2. The molecule has 0 bridgehead atoms. The molecule has 2 aliphatic rings. The highest BCUT2D eigenvalue weighted by Crippen LogP contribution is 2.43. The summed E-state index contributed by atoms with van der Waals surface area (Å²) in [5.74, 6) is 1.07. The predicted molar refractivity (Wildman–Crippen MR) is 98.7 cm³/mol. The highest BCUT2D eigenvalue weighted by molar-refractivity contribution is 5.98. The zero-order chi connectivity index (χ0) is 17.6.